The SMILES string of the molecule is Cc1nn(C)c(Cl)c1COC(=O)c1cc(F)c(F)cc1N. The molecule has 0 saturated heterocycles. The van der Waals surface area contributed by atoms with E-state index in [0.717, 1.165) is 6.07 Å². The minimum absolute atomic E-state index is 0.143. The van der Waals surface area contributed by atoms with Crippen molar-refractivity contribution in [2.75, 3.05) is 5.73 Å². The standard InChI is InChI=1S/C13H12ClF2N3O2/c1-6-8(12(14)19(2)18-6)5-21-13(20)7-3-9(15)10(16)4-11(7)17/h3-4H,5,17H2,1-2H3. The van der Waals surface area contributed by atoms with Crippen LogP contribution in [0.5, 0.6) is 0 Å². The zero-order chi connectivity index (χ0) is 15.7. The third-order valence-corrected chi connectivity index (χ3v) is 3.40. The molecular weight excluding hydrogens is 304 g/mol. The van der Waals surface area contributed by atoms with Gasteiger partial charge in [-0.15, -0.1) is 0 Å². The molecule has 0 fully saturated rings. The number of nitrogens with two attached hydrogens (primary N) is 1. The van der Waals surface area contributed by atoms with Crippen molar-refractivity contribution in [1.29, 1.82) is 0 Å². The summed E-state index contributed by atoms with van der Waals surface area (Å²) in [6.45, 7) is 1.57. The van der Waals surface area contributed by atoms with Gasteiger partial charge in [0.1, 0.15) is 11.8 Å². The predicted molar refractivity (Wildman–Crippen MR) is 72.8 cm³/mol. The number of rotatable bonds is 3. The van der Waals surface area contributed by atoms with Crippen LogP contribution in [-0.4, -0.2) is 15.7 Å². The van der Waals surface area contributed by atoms with Gasteiger partial charge in [0.2, 0.25) is 0 Å². The number of nitrogen functional groups attached to an aromatic ring is 1. The van der Waals surface area contributed by atoms with Gasteiger partial charge in [0.05, 0.1) is 11.3 Å². The van der Waals surface area contributed by atoms with Crippen molar-refractivity contribution in [3.05, 3.63) is 45.7 Å². The van der Waals surface area contributed by atoms with Crippen molar-refractivity contribution < 1.29 is 18.3 Å². The molecule has 8 heteroatoms. The van der Waals surface area contributed by atoms with Crippen molar-refractivity contribution >= 4 is 23.3 Å². The fourth-order valence-electron chi connectivity index (χ4n) is 1.79. The summed E-state index contributed by atoms with van der Waals surface area (Å²) in [6.07, 6.45) is 0. The monoisotopic (exact) mass is 315 g/mol. The van der Waals surface area contributed by atoms with Crippen LogP contribution in [0.3, 0.4) is 0 Å². The summed E-state index contributed by atoms with van der Waals surface area (Å²) >= 11 is 6.00. The normalized spacial score (nSPS) is 10.7. The molecule has 0 saturated carbocycles. The minimum Gasteiger partial charge on any atom is -0.457 e. The maximum Gasteiger partial charge on any atom is 0.340 e. The molecule has 0 radical (unpaired) electrons. The predicted octanol–water partition coefficient (Wildman–Crippen LogP) is 2.60. The summed E-state index contributed by atoms with van der Waals surface area (Å²) in [7, 11) is 1.65. The number of anilines is 1. The van der Waals surface area contributed by atoms with Gasteiger partial charge in [0.25, 0.3) is 0 Å². The Labute approximate surface area is 124 Å². The molecule has 0 aliphatic heterocycles. The maximum absolute atomic E-state index is 13.1. The Balaban J connectivity index is 2.17. The fourth-order valence-corrected chi connectivity index (χ4v) is 2.02. The van der Waals surface area contributed by atoms with Gasteiger partial charge >= 0.3 is 5.97 Å². The van der Waals surface area contributed by atoms with E-state index >= 15 is 0 Å². The Hall–Kier alpha value is -2.15. The van der Waals surface area contributed by atoms with E-state index in [9.17, 15) is 13.6 Å². The lowest BCUT2D eigenvalue weighted by molar-refractivity contribution is 0.0473. The van der Waals surface area contributed by atoms with Crippen LogP contribution in [-0.2, 0) is 18.4 Å². The van der Waals surface area contributed by atoms with Gasteiger partial charge in [0, 0.05) is 24.4 Å². The molecule has 0 atom stereocenters. The highest BCUT2D eigenvalue weighted by atomic mass is 35.5. The van der Waals surface area contributed by atoms with E-state index in [1.165, 1.54) is 4.68 Å². The molecule has 0 amide bonds. The van der Waals surface area contributed by atoms with Crippen LogP contribution < -0.4 is 5.73 Å². The van der Waals surface area contributed by atoms with E-state index in [-0.39, 0.29) is 17.9 Å². The molecular formula is C13H12ClF2N3O2. The summed E-state index contributed by atoms with van der Waals surface area (Å²) in [5, 5.41) is 4.40. The van der Waals surface area contributed by atoms with Gasteiger partial charge < -0.3 is 10.5 Å². The highest BCUT2D eigenvalue weighted by molar-refractivity contribution is 6.30. The number of halogens is 3. The average Bonchev–Trinajstić information content (AvgIpc) is 2.65. The van der Waals surface area contributed by atoms with Gasteiger partial charge in [0.15, 0.2) is 11.6 Å². The van der Waals surface area contributed by atoms with E-state index in [0.29, 0.717) is 22.5 Å². The number of carbonyl (C=O) groups is 1. The lowest BCUT2D eigenvalue weighted by atomic mass is 10.1. The average molecular weight is 316 g/mol. The second-order valence-electron chi connectivity index (χ2n) is 4.41. The van der Waals surface area contributed by atoms with Gasteiger partial charge in [-0.25, -0.2) is 13.6 Å². The number of carbonyl (C=O) groups excluding carboxylic acids is 1. The van der Waals surface area contributed by atoms with Crippen LogP contribution in [0.15, 0.2) is 12.1 Å². The summed E-state index contributed by atoms with van der Waals surface area (Å²) in [5.41, 5.74) is 6.17. The van der Waals surface area contributed by atoms with Crippen LogP contribution in [0.2, 0.25) is 5.15 Å². The molecule has 5 nitrogen and oxygen atoms in total. The maximum atomic E-state index is 13.1. The Morgan fingerprint density at radius 1 is 1.43 bits per heavy atom. The van der Waals surface area contributed by atoms with Crippen molar-refractivity contribution in [2.24, 2.45) is 7.05 Å². The number of esters is 1. The van der Waals surface area contributed by atoms with E-state index < -0.39 is 17.6 Å². The highest BCUT2D eigenvalue weighted by Crippen LogP contribution is 2.22. The van der Waals surface area contributed by atoms with Gasteiger partial charge in [-0.3, -0.25) is 4.68 Å². The number of hydrogen-bond donors (Lipinski definition) is 1. The summed E-state index contributed by atoms with van der Waals surface area (Å²) in [4.78, 5) is 11.9. The van der Waals surface area contributed by atoms with Crippen molar-refractivity contribution in [1.82, 2.24) is 9.78 Å². The zero-order valence-electron chi connectivity index (χ0n) is 11.3. The van der Waals surface area contributed by atoms with E-state index in [2.05, 4.69) is 5.10 Å². The number of hydrogen-bond acceptors (Lipinski definition) is 4. The van der Waals surface area contributed by atoms with Crippen LogP contribution in [0.1, 0.15) is 21.6 Å². The molecule has 2 rings (SSSR count). The molecule has 112 valence electrons. The van der Waals surface area contributed by atoms with E-state index in [1.807, 2.05) is 0 Å². The van der Waals surface area contributed by atoms with Crippen molar-refractivity contribution in [3.63, 3.8) is 0 Å². The Bertz CT molecular complexity index is 716. The third kappa shape index (κ3) is 2.97. The molecule has 1 heterocycles. The Morgan fingerprint density at radius 2 is 2.05 bits per heavy atom. The van der Waals surface area contributed by atoms with E-state index in [4.69, 9.17) is 22.1 Å². The molecule has 0 spiro atoms. The zero-order valence-corrected chi connectivity index (χ0v) is 12.0. The molecule has 2 aromatic rings. The van der Waals surface area contributed by atoms with Crippen LogP contribution >= 0.6 is 11.6 Å². The molecule has 21 heavy (non-hydrogen) atoms. The first kappa shape index (κ1) is 15.2. The number of aromatic nitrogens is 2. The summed E-state index contributed by atoms with van der Waals surface area (Å²) in [6, 6.07) is 1.43. The number of nitrogens with zero attached hydrogens (tertiary/aromatic N) is 2. The minimum atomic E-state index is -1.17. The molecule has 1 aromatic heterocycles. The molecule has 1 aromatic carbocycles. The highest BCUT2D eigenvalue weighted by Gasteiger charge is 2.18. The summed E-state index contributed by atoms with van der Waals surface area (Å²) < 4.78 is 32.5. The summed E-state index contributed by atoms with van der Waals surface area (Å²) in [5.74, 6) is -3.17. The molecule has 0 aliphatic rings. The first-order valence-electron chi connectivity index (χ1n) is 5.91. The number of benzene rings is 1. The fraction of sp³-hybridized carbons (Fsp3) is 0.231. The van der Waals surface area contributed by atoms with Crippen molar-refractivity contribution in [3.8, 4) is 0 Å². The largest absolute Gasteiger partial charge is 0.457 e. The quantitative estimate of drug-likeness (QED) is 0.698. The third-order valence-electron chi connectivity index (χ3n) is 2.93. The van der Waals surface area contributed by atoms with Gasteiger partial charge in [-0.2, -0.15) is 5.10 Å². The van der Waals surface area contributed by atoms with E-state index in [1.54, 1.807) is 14.0 Å². The van der Waals surface area contributed by atoms with Crippen LogP contribution in [0, 0.1) is 18.6 Å². The Kier molecular flexibility index (Phi) is 4.13. The van der Waals surface area contributed by atoms with Crippen LogP contribution in [0.4, 0.5) is 14.5 Å². The molecule has 2 N–H and O–H groups in total. The molecule has 0 unspecified atom stereocenters. The first-order valence-corrected chi connectivity index (χ1v) is 6.28. The van der Waals surface area contributed by atoms with Crippen molar-refractivity contribution in [2.45, 2.75) is 13.5 Å². The first-order chi connectivity index (χ1) is 9.81. The second-order valence-corrected chi connectivity index (χ2v) is 4.77. The topological polar surface area (TPSA) is 70.1 Å². The van der Waals surface area contributed by atoms with Crippen LogP contribution in [0.25, 0.3) is 0 Å². The van der Waals surface area contributed by atoms with Gasteiger partial charge in [-0.1, -0.05) is 11.6 Å². The smallest absolute Gasteiger partial charge is 0.340 e. The number of ether oxygens (including phenoxy) is 1. The Morgan fingerprint density at radius 3 is 2.62 bits per heavy atom. The second kappa shape index (κ2) is 5.69. The molecule has 0 aliphatic carbocycles. The lowest BCUT2D eigenvalue weighted by Gasteiger charge is -2.07. The molecule has 0 bridgehead atoms. The number of aryl methyl sites for hydroxylation is 2. The van der Waals surface area contributed by atoms with Gasteiger partial charge in [-0.05, 0) is 13.0 Å². The lowest BCUT2D eigenvalue weighted by Crippen LogP contribution is -2.10.